The van der Waals surface area contributed by atoms with E-state index in [9.17, 15) is 10.3 Å². The van der Waals surface area contributed by atoms with Crippen LogP contribution in [0.4, 0.5) is 0 Å². The molecule has 0 heterocycles. The van der Waals surface area contributed by atoms with Crippen LogP contribution < -0.4 is 4.74 Å². The summed E-state index contributed by atoms with van der Waals surface area (Å²) in [7, 11) is 1.59. The maximum Gasteiger partial charge on any atom is 0.160 e. The molecule has 0 spiro atoms. The molecule has 0 unspecified atom stereocenters. The first-order valence-corrected chi connectivity index (χ1v) is 12.8. The number of methoxy groups -OCH3 is 1. The predicted molar refractivity (Wildman–Crippen MR) is 137 cm³/mol. The van der Waals surface area contributed by atoms with Gasteiger partial charge in [0.2, 0.25) is 0 Å². The van der Waals surface area contributed by atoms with Crippen LogP contribution in [0.15, 0.2) is 46.7 Å². The Morgan fingerprint density at radius 2 is 1.91 bits per heavy atom. The van der Waals surface area contributed by atoms with Crippen LogP contribution in [0.5, 0.6) is 11.5 Å². The Morgan fingerprint density at radius 3 is 2.60 bits per heavy atom. The molecule has 2 aromatic carbocycles. The molecule has 0 aliphatic heterocycles. The molecule has 2 fully saturated rings. The third kappa shape index (κ3) is 4.07. The number of ether oxygens (including phenoxy) is 1. The van der Waals surface area contributed by atoms with Gasteiger partial charge in [-0.3, -0.25) is 0 Å². The van der Waals surface area contributed by atoms with Crippen LogP contribution in [-0.4, -0.2) is 28.8 Å². The molecule has 3 aliphatic rings. The van der Waals surface area contributed by atoms with Gasteiger partial charge in [0.1, 0.15) is 6.61 Å². The van der Waals surface area contributed by atoms with Crippen molar-refractivity contribution in [3.8, 4) is 11.5 Å². The van der Waals surface area contributed by atoms with Gasteiger partial charge in [0.15, 0.2) is 11.5 Å². The number of phenols is 1. The number of benzene rings is 2. The average Bonchev–Trinajstić information content (AvgIpc) is 3.20. The molecular formula is C29H36N2O4. The molecule has 3 aliphatic carbocycles. The Balaban J connectivity index is 1.46. The van der Waals surface area contributed by atoms with Crippen molar-refractivity contribution in [1.82, 2.24) is 0 Å². The number of hydrogen-bond donors (Lipinski definition) is 2. The van der Waals surface area contributed by atoms with Crippen LogP contribution >= 0.6 is 0 Å². The van der Waals surface area contributed by atoms with Crippen molar-refractivity contribution in [2.45, 2.75) is 71.3 Å². The Labute approximate surface area is 207 Å². The number of aromatic hydroxyl groups is 1. The minimum Gasteiger partial charge on any atom is -0.504 e. The van der Waals surface area contributed by atoms with Crippen LogP contribution in [0.2, 0.25) is 0 Å². The molecule has 6 heteroatoms. The van der Waals surface area contributed by atoms with Crippen LogP contribution in [0.25, 0.3) is 0 Å². The lowest BCUT2D eigenvalue weighted by Crippen LogP contribution is -2.43. The fourth-order valence-corrected chi connectivity index (χ4v) is 6.82. The van der Waals surface area contributed by atoms with Gasteiger partial charge >= 0.3 is 0 Å². The van der Waals surface area contributed by atoms with E-state index in [4.69, 9.17) is 9.57 Å². The number of fused-ring (bicyclic) bond motifs is 5. The number of oxime groups is 2. The molecule has 0 aromatic heterocycles. The molecule has 6 nitrogen and oxygen atoms in total. The molecule has 0 radical (unpaired) electrons. The van der Waals surface area contributed by atoms with E-state index in [1.807, 2.05) is 6.07 Å². The van der Waals surface area contributed by atoms with E-state index >= 15 is 0 Å². The summed E-state index contributed by atoms with van der Waals surface area (Å²) < 4.78 is 5.46. The second-order valence-electron chi connectivity index (χ2n) is 10.9. The van der Waals surface area contributed by atoms with Crippen molar-refractivity contribution in [2.24, 2.45) is 27.6 Å². The standard InChI is InChI=1S/C29H36N2O4/c1-17(2)19-7-5-18(6-8-19)16-35-31-25-13-22-20(21-15-27(34-4)26(32)14-23(21)25)11-12-29(3)24(22)9-10-28(29)30-33/h5-8,14-15,17,20,22,24,32-33H,9-13,16H2,1-4H3/t20-,22-,24+,29+/m1/s1. The Kier molecular flexibility index (Phi) is 6.24. The van der Waals surface area contributed by atoms with Gasteiger partial charge in [0.05, 0.1) is 18.5 Å². The van der Waals surface area contributed by atoms with Gasteiger partial charge in [-0.05, 0) is 84.6 Å². The zero-order valence-electron chi connectivity index (χ0n) is 21.1. The molecule has 35 heavy (non-hydrogen) atoms. The summed E-state index contributed by atoms with van der Waals surface area (Å²) >= 11 is 0. The van der Waals surface area contributed by atoms with Crippen molar-refractivity contribution in [1.29, 1.82) is 0 Å². The average molecular weight is 477 g/mol. The zero-order valence-corrected chi connectivity index (χ0v) is 21.1. The predicted octanol–water partition coefficient (Wildman–Crippen LogP) is 6.59. The number of hydrogen-bond acceptors (Lipinski definition) is 6. The maximum atomic E-state index is 10.5. The molecule has 4 atom stereocenters. The largest absolute Gasteiger partial charge is 0.504 e. The summed E-state index contributed by atoms with van der Waals surface area (Å²) in [6.07, 6.45) is 4.67. The molecule has 2 saturated carbocycles. The van der Waals surface area contributed by atoms with Crippen molar-refractivity contribution >= 4 is 11.4 Å². The Morgan fingerprint density at radius 1 is 1.14 bits per heavy atom. The van der Waals surface area contributed by atoms with Crippen LogP contribution in [0.1, 0.15) is 87.0 Å². The van der Waals surface area contributed by atoms with Gasteiger partial charge < -0.3 is 19.9 Å². The molecule has 0 saturated heterocycles. The fourth-order valence-electron chi connectivity index (χ4n) is 6.82. The first-order chi connectivity index (χ1) is 16.9. The molecule has 2 N–H and O–H groups in total. The van der Waals surface area contributed by atoms with Gasteiger partial charge in [-0.2, -0.15) is 0 Å². The third-order valence-electron chi connectivity index (χ3n) is 8.84. The molecule has 2 aromatic rings. The monoisotopic (exact) mass is 476 g/mol. The fraction of sp³-hybridized carbons (Fsp3) is 0.517. The van der Waals surface area contributed by atoms with Gasteiger partial charge in [0, 0.05) is 11.0 Å². The second kappa shape index (κ2) is 9.21. The van der Waals surface area contributed by atoms with Crippen molar-refractivity contribution in [3.63, 3.8) is 0 Å². The van der Waals surface area contributed by atoms with E-state index in [1.54, 1.807) is 13.2 Å². The summed E-state index contributed by atoms with van der Waals surface area (Å²) in [5.41, 5.74) is 6.26. The SMILES string of the molecule is COc1cc2c(cc1O)C(=NOCc1ccc(C(C)C)cc1)C[C@@H]1[C@@H]2CC[C@]2(C)C(=NO)CC[C@@H]12. The first kappa shape index (κ1) is 23.7. The number of phenolic OH excluding ortho intramolecular Hbond substituents is 1. The lowest BCUT2D eigenvalue weighted by atomic mass is 9.55. The molecule has 0 amide bonds. The Bertz CT molecular complexity index is 1150. The summed E-state index contributed by atoms with van der Waals surface area (Å²) in [5.74, 6) is 2.27. The normalized spacial score (nSPS) is 29.7. The quantitative estimate of drug-likeness (QED) is 0.377. The minimum absolute atomic E-state index is 0.0709. The topological polar surface area (TPSA) is 83.6 Å². The van der Waals surface area contributed by atoms with Gasteiger partial charge in [-0.25, -0.2) is 0 Å². The first-order valence-electron chi connectivity index (χ1n) is 12.8. The molecule has 0 bridgehead atoms. The summed E-state index contributed by atoms with van der Waals surface area (Å²) in [6, 6.07) is 12.2. The highest BCUT2D eigenvalue weighted by atomic mass is 16.6. The van der Waals surface area contributed by atoms with Crippen LogP contribution in [-0.2, 0) is 11.4 Å². The molecule has 5 rings (SSSR count). The highest BCUT2D eigenvalue weighted by molar-refractivity contribution is 6.04. The van der Waals surface area contributed by atoms with Gasteiger partial charge in [0.25, 0.3) is 0 Å². The van der Waals surface area contributed by atoms with Crippen molar-refractivity contribution < 1.29 is 19.9 Å². The zero-order chi connectivity index (χ0) is 24.7. The van der Waals surface area contributed by atoms with E-state index in [0.717, 1.165) is 54.7 Å². The van der Waals surface area contributed by atoms with E-state index in [-0.39, 0.29) is 11.2 Å². The van der Waals surface area contributed by atoms with Crippen LogP contribution in [0.3, 0.4) is 0 Å². The van der Waals surface area contributed by atoms with Crippen LogP contribution in [0, 0.1) is 17.3 Å². The van der Waals surface area contributed by atoms with Crippen molar-refractivity contribution in [3.05, 3.63) is 58.7 Å². The van der Waals surface area contributed by atoms with E-state index in [0.29, 0.717) is 36.0 Å². The van der Waals surface area contributed by atoms with Gasteiger partial charge in [-0.15, -0.1) is 0 Å². The van der Waals surface area contributed by atoms with Crippen molar-refractivity contribution in [2.75, 3.05) is 7.11 Å². The summed E-state index contributed by atoms with van der Waals surface area (Å²) in [6.45, 7) is 7.03. The lowest BCUT2D eigenvalue weighted by molar-refractivity contribution is 0.103. The number of nitrogens with zero attached hydrogens (tertiary/aromatic N) is 2. The summed E-state index contributed by atoms with van der Waals surface area (Å²) in [4.78, 5) is 5.88. The van der Waals surface area contributed by atoms with E-state index in [2.05, 4.69) is 55.3 Å². The van der Waals surface area contributed by atoms with E-state index in [1.165, 1.54) is 11.1 Å². The highest BCUT2D eigenvalue weighted by Crippen LogP contribution is 2.60. The number of rotatable bonds is 5. The second-order valence-corrected chi connectivity index (χ2v) is 10.9. The Hall–Kier alpha value is -3.02. The highest BCUT2D eigenvalue weighted by Gasteiger charge is 2.54. The molecule has 186 valence electrons. The van der Waals surface area contributed by atoms with Gasteiger partial charge in [-0.1, -0.05) is 55.3 Å². The minimum atomic E-state index is -0.0709. The lowest BCUT2D eigenvalue weighted by Gasteiger charge is -2.48. The van der Waals surface area contributed by atoms with E-state index < -0.39 is 0 Å². The smallest absolute Gasteiger partial charge is 0.160 e. The third-order valence-corrected chi connectivity index (χ3v) is 8.84. The maximum absolute atomic E-state index is 10.5. The molecular weight excluding hydrogens is 440 g/mol. The summed E-state index contributed by atoms with van der Waals surface area (Å²) in [5, 5.41) is 28.5.